The average Bonchev–Trinajstić information content (AvgIpc) is 3.14. The number of carbonyl (C=O) groups is 3. The number of rotatable bonds is 7. The van der Waals surface area contributed by atoms with Crippen LogP contribution in [0, 0.1) is 31.5 Å². The molecule has 0 bridgehead atoms. The molecule has 6 nitrogen and oxygen atoms in total. The van der Waals surface area contributed by atoms with E-state index in [1.165, 1.54) is 25.8 Å². The summed E-state index contributed by atoms with van der Waals surface area (Å²) in [6, 6.07) is 8.79. The first-order valence-electron chi connectivity index (χ1n) is 15.5. The Morgan fingerprint density at radius 1 is 1.14 bits per heavy atom. The van der Waals surface area contributed by atoms with Gasteiger partial charge >= 0.3 is 0 Å². The van der Waals surface area contributed by atoms with E-state index in [4.69, 9.17) is 4.74 Å². The zero-order valence-corrected chi connectivity index (χ0v) is 26.8. The van der Waals surface area contributed by atoms with Crippen molar-refractivity contribution in [2.45, 2.75) is 87.0 Å². The van der Waals surface area contributed by atoms with Crippen molar-refractivity contribution in [2.24, 2.45) is 11.8 Å². The van der Waals surface area contributed by atoms with Gasteiger partial charge in [0.25, 0.3) is 11.8 Å². The summed E-state index contributed by atoms with van der Waals surface area (Å²) in [6.07, 6.45) is 6.92. The number of carbonyl (C=O) groups excluding carboxylic acids is 3. The Labute approximate surface area is 256 Å². The van der Waals surface area contributed by atoms with Gasteiger partial charge in [-0.05, 0) is 80.2 Å². The van der Waals surface area contributed by atoms with E-state index in [9.17, 15) is 18.8 Å². The molecular formula is C36H47FN2O4. The van der Waals surface area contributed by atoms with Crippen LogP contribution in [0.25, 0.3) is 5.57 Å². The number of amides is 3. The minimum absolute atomic E-state index is 0.216. The molecule has 0 radical (unpaired) electrons. The molecule has 2 aromatic carbocycles. The highest BCUT2D eigenvalue weighted by Gasteiger charge is 2.33. The second kappa shape index (κ2) is 15.6. The van der Waals surface area contributed by atoms with E-state index in [1.54, 1.807) is 12.1 Å². The maximum atomic E-state index is 14.9. The van der Waals surface area contributed by atoms with E-state index in [2.05, 4.69) is 31.4 Å². The molecule has 0 spiro atoms. The SMILES string of the molecule is CC(=O)NC(=O)/C(=C(\C1=CCCNC1=O)c1c(C)ccc2c1CC(C)CCO2)C(C)Cc1cc(C)ccc1F.CCCC. The van der Waals surface area contributed by atoms with Crippen molar-refractivity contribution in [3.63, 3.8) is 0 Å². The third kappa shape index (κ3) is 8.65. The normalized spacial score (nSPS) is 17.4. The van der Waals surface area contributed by atoms with Gasteiger partial charge in [-0.15, -0.1) is 0 Å². The smallest absolute Gasteiger partial charge is 0.254 e. The van der Waals surface area contributed by atoms with Gasteiger partial charge in [0.15, 0.2) is 0 Å². The first-order valence-corrected chi connectivity index (χ1v) is 15.5. The number of fused-ring (bicyclic) bond motifs is 1. The van der Waals surface area contributed by atoms with Gasteiger partial charge in [0.1, 0.15) is 11.6 Å². The van der Waals surface area contributed by atoms with E-state index in [0.717, 1.165) is 34.4 Å². The molecule has 0 fully saturated rings. The van der Waals surface area contributed by atoms with Crippen LogP contribution in [0.5, 0.6) is 5.75 Å². The number of unbranched alkanes of at least 4 members (excludes halogenated alkanes) is 1. The maximum absolute atomic E-state index is 14.9. The maximum Gasteiger partial charge on any atom is 0.254 e. The van der Waals surface area contributed by atoms with Crippen LogP contribution in [0.15, 0.2) is 47.6 Å². The highest BCUT2D eigenvalue weighted by Crippen LogP contribution is 2.42. The van der Waals surface area contributed by atoms with Crippen molar-refractivity contribution >= 4 is 23.3 Å². The summed E-state index contributed by atoms with van der Waals surface area (Å²) in [5, 5.41) is 5.35. The number of hydrogen-bond donors (Lipinski definition) is 2. The Kier molecular flexibility index (Phi) is 12.3. The molecule has 0 aliphatic carbocycles. The van der Waals surface area contributed by atoms with Crippen molar-refractivity contribution in [2.75, 3.05) is 13.2 Å². The summed E-state index contributed by atoms with van der Waals surface area (Å²) in [7, 11) is 0. The molecule has 2 heterocycles. The van der Waals surface area contributed by atoms with E-state index >= 15 is 0 Å². The standard InChI is InChI=1S/C32H37FN2O4.C4H10/c1-18-8-10-26(33)23(15-18)17-21(4)29(32(38)35-22(5)36)30(24-7-6-13-34-31(24)37)28-20(3)9-11-27-25(28)16-19(2)12-14-39-27;1-3-4-2/h7-11,15,19,21H,6,12-14,16-17H2,1-5H3,(H,34,37)(H,35,36,38);3-4H2,1-2H3/b30-29+;. The second-order valence-corrected chi connectivity index (χ2v) is 11.8. The molecular weight excluding hydrogens is 543 g/mol. The Morgan fingerprint density at radius 2 is 1.86 bits per heavy atom. The summed E-state index contributed by atoms with van der Waals surface area (Å²) in [6.45, 7) is 14.6. The summed E-state index contributed by atoms with van der Waals surface area (Å²) >= 11 is 0. The predicted octanol–water partition coefficient (Wildman–Crippen LogP) is 6.95. The van der Waals surface area contributed by atoms with Gasteiger partial charge in [-0.1, -0.05) is 70.4 Å². The van der Waals surface area contributed by atoms with Crippen LogP contribution >= 0.6 is 0 Å². The molecule has 4 rings (SSSR count). The van der Waals surface area contributed by atoms with Crippen molar-refractivity contribution in [3.05, 3.63) is 81.2 Å². The Morgan fingerprint density at radius 3 is 2.51 bits per heavy atom. The van der Waals surface area contributed by atoms with Crippen LogP contribution in [-0.2, 0) is 27.2 Å². The monoisotopic (exact) mass is 590 g/mol. The molecule has 2 unspecified atom stereocenters. The third-order valence-electron chi connectivity index (χ3n) is 7.97. The molecule has 2 N–H and O–H groups in total. The highest BCUT2D eigenvalue weighted by atomic mass is 19.1. The molecule has 2 aliphatic heterocycles. The van der Waals surface area contributed by atoms with Crippen LogP contribution in [0.3, 0.4) is 0 Å². The number of ether oxygens (including phenoxy) is 1. The first-order chi connectivity index (χ1) is 20.5. The first kappa shape index (κ1) is 33.8. The Bertz CT molecular complexity index is 1410. The van der Waals surface area contributed by atoms with Gasteiger partial charge in [0.2, 0.25) is 5.91 Å². The lowest BCUT2D eigenvalue weighted by Gasteiger charge is -2.27. The zero-order valence-electron chi connectivity index (χ0n) is 26.8. The van der Waals surface area contributed by atoms with Gasteiger partial charge in [0.05, 0.1) is 6.61 Å². The van der Waals surface area contributed by atoms with E-state index < -0.39 is 17.7 Å². The molecule has 2 aromatic rings. The van der Waals surface area contributed by atoms with Crippen LogP contribution in [-0.4, -0.2) is 30.9 Å². The lowest BCUT2D eigenvalue weighted by molar-refractivity contribution is -0.127. The molecule has 0 saturated carbocycles. The van der Waals surface area contributed by atoms with Crippen LogP contribution in [0.2, 0.25) is 0 Å². The topological polar surface area (TPSA) is 84.5 Å². The molecule has 7 heteroatoms. The van der Waals surface area contributed by atoms with Gasteiger partial charge in [0, 0.05) is 35.8 Å². The summed E-state index contributed by atoms with van der Waals surface area (Å²) in [4.78, 5) is 39.3. The summed E-state index contributed by atoms with van der Waals surface area (Å²) < 4.78 is 21.0. The van der Waals surface area contributed by atoms with Gasteiger partial charge in [-0.2, -0.15) is 0 Å². The minimum Gasteiger partial charge on any atom is -0.493 e. The molecule has 0 saturated heterocycles. The van der Waals surface area contributed by atoms with Crippen LogP contribution in [0.1, 0.15) is 88.1 Å². The zero-order chi connectivity index (χ0) is 31.7. The molecule has 3 amide bonds. The summed E-state index contributed by atoms with van der Waals surface area (Å²) in [5.74, 6) is -1.19. The van der Waals surface area contributed by atoms with Crippen molar-refractivity contribution in [3.8, 4) is 5.75 Å². The lowest BCUT2D eigenvalue weighted by Crippen LogP contribution is -2.35. The Hall–Kier alpha value is -3.74. The van der Waals surface area contributed by atoms with E-state index in [0.29, 0.717) is 48.6 Å². The molecule has 2 atom stereocenters. The number of benzene rings is 2. The van der Waals surface area contributed by atoms with Crippen molar-refractivity contribution in [1.82, 2.24) is 10.6 Å². The van der Waals surface area contributed by atoms with Crippen LogP contribution in [0.4, 0.5) is 4.39 Å². The number of hydrogen-bond acceptors (Lipinski definition) is 4. The number of imide groups is 1. The molecule has 43 heavy (non-hydrogen) atoms. The Balaban J connectivity index is 0.00000119. The average molecular weight is 591 g/mol. The van der Waals surface area contributed by atoms with Crippen molar-refractivity contribution < 1.29 is 23.5 Å². The van der Waals surface area contributed by atoms with Gasteiger partial charge < -0.3 is 10.1 Å². The number of nitrogens with one attached hydrogen (secondary N) is 2. The van der Waals surface area contributed by atoms with Crippen molar-refractivity contribution in [1.29, 1.82) is 0 Å². The molecule has 2 aliphatic rings. The molecule has 232 valence electrons. The van der Waals surface area contributed by atoms with E-state index in [-0.39, 0.29) is 23.7 Å². The molecule has 0 aromatic heterocycles. The van der Waals surface area contributed by atoms with Crippen LogP contribution < -0.4 is 15.4 Å². The number of aryl methyl sites for hydroxylation is 2. The fourth-order valence-corrected chi connectivity index (χ4v) is 5.58. The highest BCUT2D eigenvalue weighted by molar-refractivity contribution is 6.18. The fraction of sp³-hybridized carbons (Fsp3) is 0.472. The predicted molar refractivity (Wildman–Crippen MR) is 170 cm³/mol. The quantitative estimate of drug-likeness (QED) is 0.342. The van der Waals surface area contributed by atoms with Gasteiger partial charge in [-0.25, -0.2) is 4.39 Å². The third-order valence-corrected chi connectivity index (χ3v) is 7.97. The fourth-order valence-electron chi connectivity index (χ4n) is 5.58. The summed E-state index contributed by atoms with van der Waals surface area (Å²) in [5.41, 5.74) is 5.13. The van der Waals surface area contributed by atoms with E-state index in [1.807, 2.05) is 39.0 Å². The minimum atomic E-state index is -0.586. The second-order valence-electron chi connectivity index (χ2n) is 11.8. The van der Waals surface area contributed by atoms with Gasteiger partial charge in [-0.3, -0.25) is 19.7 Å². The number of halogens is 1. The lowest BCUT2D eigenvalue weighted by atomic mass is 9.78. The largest absolute Gasteiger partial charge is 0.493 e.